The summed E-state index contributed by atoms with van der Waals surface area (Å²) < 4.78 is 0. The van der Waals surface area contributed by atoms with Gasteiger partial charge in [0.15, 0.2) is 0 Å². The van der Waals surface area contributed by atoms with E-state index in [9.17, 15) is 9.59 Å². The molecule has 2 amide bonds. The third kappa shape index (κ3) is 1.55. The Morgan fingerprint density at radius 3 is 2.06 bits per heavy atom. The first-order valence-corrected chi connectivity index (χ1v) is 5.56. The van der Waals surface area contributed by atoms with Crippen molar-refractivity contribution in [3.63, 3.8) is 0 Å². The summed E-state index contributed by atoms with van der Waals surface area (Å²) in [4.78, 5) is 26.6. The average molecular weight is 238 g/mol. The van der Waals surface area contributed by atoms with E-state index in [1.807, 2.05) is 30.3 Å². The molecule has 0 unspecified atom stereocenters. The highest BCUT2D eigenvalue weighted by Crippen LogP contribution is 2.30. The molecule has 4 heteroatoms. The number of carbonyl (C=O) groups is 2. The second-order valence-electron chi connectivity index (χ2n) is 4.00. The zero-order valence-electron chi connectivity index (χ0n) is 9.44. The number of carbonyl (C=O) groups excluding carboxylic acids is 2. The van der Waals surface area contributed by atoms with E-state index in [2.05, 4.69) is 10.3 Å². The lowest BCUT2D eigenvalue weighted by Crippen LogP contribution is -2.22. The highest BCUT2D eigenvalue weighted by Gasteiger charge is 2.31. The van der Waals surface area contributed by atoms with E-state index in [1.54, 1.807) is 18.5 Å². The second-order valence-corrected chi connectivity index (χ2v) is 4.00. The summed E-state index contributed by atoms with van der Waals surface area (Å²) in [7, 11) is 0. The Balaban J connectivity index is 2.24. The van der Waals surface area contributed by atoms with Crippen LogP contribution in [-0.2, 0) is 9.59 Å². The maximum Gasteiger partial charge on any atom is 0.259 e. The van der Waals surface area contributed by atoms with Crippen molar-refractivity contribution in [3.8, 4) is 0 Å². The number of hydrogen-bond donors (Lipinski definition) is 2. The van der Waals surface area contributed by atoms with Gasteiger partial charge in [-0.15, -0.1) is 0 Å². The van der Waals surface area contributed by atoms with Gasteiger partial charge in [0.2, 0.25) is 0 Å². The third-order valence-electron chi connectivity index (χ3n) is 2.88. The Hall–Kier alpha value is -2.62. The van der Waals surface area contributed by atoms with Gasteiger partial charge in [-0.05, 0) is 11.6 Å². The quantitative estimate of drug-likeness (QED) is 0.780. The zero-order chi connectivity index (χ0) is 12.5. The van der Waals surface area contributed by atoms with Crippen LogP contribution >= 0.6 is 0 Å². The topological polar surface area (TPSA) is 62.0 Å². The van der Waals surface area contributed by atoms with Crippen molar-refractivity contribution < 1.29 is 9.59 Å². The molecule has 1 aliphatic rings. The molecule has 88 valence electrons. The Morgan fingerprint density at radius 1 is 0.778 bits per heavy atom. The number of nitrogens with one attached hydrogen (secondary N) is 2. The standard InChI is InChI=1S/C14H10N2O2/c17-13-11(9-4-2-1-3-5-9)12(14(18)16-13)10-6-7-15-8-10/h1-8,15H,(H,16,17,18). The van der Waals surface area contributed by atoms with Crippen LogP contribution in [0.3, 0.4) is 0 Å². The van der Waals surface area contributed by atoms with Crippen molar-refractivity contribution >= 4 is 23.0 Å². The van der Waals surface area contributed by atoms with Crippen molar-refractivity contribution in [1.29, 1.82) is 0 Å². The van der Waals surface area contributed by atoms with E-state index in [0.29, 0.717) is 11.1 Å². The lowest BCUT2D eigenvalue weighted by Gasteiger charge is -2.02. The molecular weight excluding hydrogens is 228 g/mol. The largest absolute Gasteiger partial charge is 0.367 e. The maximum absolute atomic E-state index is 11.9. The summed E-state index contributed by atoms with van der Waals surface area (Å²) in [6, 6.07) is 11.0. The van der Waals surface area contributed by atoms with Gasteiger partial charge < -0.3 is 4.98 Å². The van der Waals surface area contributed by atoms with E-state index in [-0.39, 0.29) is 11.8 Å². The van der Waals surface area contributed by atoms with E-state index in [1.165, 1.54) is 0 Å². The van der Waals surface area contributed by atoms with Crippen molar-refractivity contribution in [2.75, 3.05) is 0 Å². The molecule has 0 bridgehead atoms. The van der Waals surface area contributed by atoms with E-state index in [0.717, 1.165) is 11.1 Å². The van der Waals surface area contributed by atoms with Crippen LogP contribution in [0, 0.1) is 0 Å². The first kappa shape index (κ1) is 10.5. The molecule has 18 heavy (non-hydrogen) atoms. The summed E-state index contributed by atoms with van der Waals surface area (Å²) in [5.41, 5.74) is 2.32. The smallest absolute Gasteiger partial charge is 0.259 e. The lowest BCUT2D eigenvalue weighted by atomic mass is 9.98. The van der Waals surface area contributed by atoms with Gasteiger partial charge in [0.1, 0.15) is 0 Å². The number of imide groups is 1. The van der Waals surface area contributed by atoms with Crippen LogP contribution in [0.4, 0.5) is 0 Å². The Morgan fingerprint density at radius 2 is 1.44 bits per heavy atom. The second kappa shape index (κ2) is 4.00. The summed E-state index contributed by atoms with van der Waals surface area (Å²) >= 11 is 0. The van der Waals surface area contributed by atoms with E-state index in [4.69, 9.17) is 0 Å². The van der Waals surface area contributed by atoms with Crippen LogP contribution in [0.1, 0.15) is 11.1 Å². The minimum atomic E-state index is -0.349. The minimum Gasteiger partial charge on any atom is -0.367 e. The van der Waals surface area contributed by atoms with Gasteiger partial charge in [-0.1, -0.05) is 30.3 Å². The molecule has 0 saturated carbocycles. The zero-order valence-corrected chi connectivity index (χ0v) is 9.44. The lowest BCUT2D eigenvalue weighted by molar-refractivity contribution is -0.122. The van der Waals surface area contributed by atoms with Crippen molar-refractivity contribution in [2.24, 2.45) is 0 Å². The molecule has 3 rings (SSSR count). The van der Waals surface area contributed by atoms with E-state index >= 15 is 0 Å². The van der Waals surface area contributed by atoms with Crippen LogP contribution < -0.4 is 5.32 Å². The van der Waals surface area contributed by atoms with Crippen molar-refractivity contribution in [2.45, 2.75) is 0 Å². The number of benzene rings is 1. The number of aromatic nitrogens is 1. The van der Waals surface area contributed by atoms with Crippen molar-refractivity contribution in [3.05, 3.63) is 59.9 Å². The molecule has 2 heterocycles. The number of hydrogen-bond acceptors (Lipinski definition) is 2. The van der Waals surface area contributed by atoms with Gasteiger partial charge in [-0.2, -0.15) is 0 Å². The number of H-pyrrole nitrogens is 1. The van der Waals surface area contributed by atoms with Gasteiger partial charge in [-0.25, -0.2) is 0 Å². The SMILES string of the molecule is O=C1NC(=O)C(c2cc[nH]c2)=C1c1ccccc1. The maximum atomic E-state index is 11.9. The van der Waals surface area contributed by atoms with E-state index < -0.39 is 0 Å². The fourth-order valence-electron chi connectivity index (χ4n) is 2.09. The van der Waals surface area contributed by atoms with Crippen LogP contribution in [-0.4, -0.2) is 16.8 Å². The molecule has 1 aliphatic heterocycles. The predicted molar refractivity (Wildman–Crippen MR) is 67.2 cm³/mol. The highest BCUT2D eigenvalue weighted by atomic mass is 16.2. The minimum absolute atomic E-state index is 0.345. The van der Waals surface area contributed by atoms with Crippen LogP contribution in [0.15, 0.2) is 48.8 Å². The number of rotatable bonds is 2. The predicted octanol–water partition coefficient (Wildman–Crippen LogP) is 1.58. The molecular formula is C14H10N2O2. The molecule has 1 aromatic carbocycles. The van der Waals surface area contributed by atoms with Gasteiger partial charge in [0.25, 0.3) is 11.8 Å². The molecule has 0 radical (unpaired) electrons. The van der Waals surface area contributed by atoms with Gasteiger partial charge in [-0.3, -0.25) is 14.9 Å². The molecule has 0 aliphatic carbocycles. The first-order chi connectivity index (χ1) is 8.77. The number of aromatic amines is 1. The third-order valence-corrected chi connectivity index (χ3v) is 2.88. The highest BCUT2D eigenvalue weighted by molar-refractivity contribution is 6.49. The molecule has 1 aromatic heterocycles. The Bertz CT molecular complexity index is 640. The molecule has 0 spiro atoms. The van der Waals surface area contributed by atoms with Gasteiger partial charge in [0.05, 0.1) is 11.1 Å². The Labute approximate surface area is 103 Å². The average Bonchev–Trinajstić information content (AvgIpc) is 2.97. The van der Waals surface area contributed by atoms with Gasteiger partial charge >= 0.3 is 0 Å². The molecule has 2 aromatic rings. The molecule has 0 saturated heterocycles. The molecule has 0 atom stereocenters. The summed E-state index contributed by atoms with van der Waals surface area (Å²) in [5.74, 6) is -0.694. The fourth-order valence-corrected chi connectivity index (χ4v) is 2.09. The molecule has 0 fully saturated rings. The first-order valence-electron chi connectivity index (χ1n) is 5.56. The van der Waals surface area contributed by atoms with Crippen LogP contribution in [0.5, 0.6) is 0 Å². The van der Waals surface area contributed by atoms with Crippen LogP contribution in [0.2, 0.25) is 0 Å². The molecule has 4 nitrogen and oxygen atoms in total. The fraction of sp³-hybridized carbons (Fsp3) is 0. The summed E-state index contributed by atoms with van der Waals surface area (Å²) in [6.45, 7) is 0. The van der Waals surface area contributed by atoms with Crippen molar-refractivity contribution in [1.82, 2.24) is 10.3 Å². The summed E-state index contributed by atoms with van der Waals surface area (Å²) in [5, 5.41) is 2.34. The monoisotopic (exact) mass is 238 g/mol. The molecule has 2 N–H and O–H groups in total. The Kier molecular flexibility index (Phi) is 2.34. The van der Waals surface area contributed by atoms with Gasteiger partial charge in [0, 0.05) is 18.0 Å². The van der Waals surface area contributed by atoms with Crippen LogP contribution in [0.25, 0.3) is 11.1 Å². The summed E-state index contributed by atoms with van der Waals surface area (Å²) in [6.07, 6.45) is 3.43. The number of amides is 2. The normalized spacial score (nSPS) is 15.1.